The Kier molecular flexibility index (Phi) is 5.00. The van der Waals surface area contributed by atoms with Crippen molar-refractivity contribution in [1.29, 1.82) is 0 Å². The number of amides is 2. The quantitative estimate of drug-likeness (QED) is 0.620. The number of aromatic amines is 1. The average molecular weight is 451 g/mol. The van der Waals surface area contributed by atoms with Crippen LogP contribution < -0.4 is 4.90 Å². The first kappa shape index (κ1) is 20.4. The van der Waals surface area contributed by atoms with Crippen LogP contribution in [-0.4, -0.2) is 41.3 Å². The summed E-state index contributed by atoms with van der Waals surface area (Å²) in [5, 5.41) is 16.0. The van der Waals surface area contributed by atoms with Crippen molar-refractivity contribution in [2.75, 3.05) is 18.1 Å². The Labute approximate surface area is 195 Å². The van der Waals surface area contributed by atoms with Gasteiger partial charge in [-0.05, 0) is 30.2 Å². The molecular formula is C26H21N5O3. The van der Waals surface area contributed by atoms with E-state index in [-0.39, 0.29) is 17.9 Å². The second-order valence-electron chi connectivity index (χ2n) is 8.43. The van der Waals surface area contributed by atoms with E-state index in [0.29, 0.717) is 24.5 Å². The minimum absolute atomic E-state index is 0.00292. The predicted molar refractivity (Wildman–Crippen MR) is 127 cm³/mol. The number of nitrogens with zero attached hydrogens (tertiary/aromatic N) is 4. The number of carbonyl (C=O) groups is 2. The molecule has 3 aliphatic rings. The van der Waals surface area contributed by atoms with Crippen molar-refractivity contribution >= 4 is 34.1 Å². The molecule has 2 aromatic carbocycles. The van der Waals surface area contributed by atoms with E-state index < -0.39 is 5.92 Å². The summed E-state index contributed by atoms with van der Waals surface area (Å²) in [5.74, 6) is -0.857. The van der Waals surface area contributed by atoms with Gasteiger partial charge in [0.25, 0.3) is 11.8 Å². The Morgan fingerprint density at radius 2 is 1.91 bits per heavy atom. The van der Waals surface area contributed by atoms with Gasteiger partial charge >= 0.3 is 0 Å². The van der Waals surface area contributed by atoms with Crippen LogP contribution in [0.3, 0.4) is 0 Å². The minimum atomic E-state index is -0.404. The Bertz CT molecular complexity index is 1410. The number of benzene rings is 2. The summed E-state index contributed by atoms with van der Waals surface area (Å²) in [4.78, 5) is 27.4. The molecule has 0 spiro atoms. The molecule has 3 heterocycles. The molecule has 0 bridgehead atoms. The number of fused-ring (bicyclic) bond motifs is 2. The molecule has 2 amide bonds. The number of anilines is 1. The summed E-state index contributed by atoms with van der Waals surface area (Å²) in [5.41, 5.74) is 4.25. The first-order valence-electron chi connectivity index (χ1n) is 11.2. The van der Waals surface area contributed by atoms with Gasteiger partial charge in [0.2, 0.25) is 0 Å². The Hall–Kier alpha value is -4.17. The van der Waals surface area contributed by atoms with Gasteiger partial charge in [-0.2, -0.15) is 5.10 Å². The van der Waals surface area contributed by atoms with E-state index in [0.717, 1.165) is 34.1 Å². The number of hydrogen-bond acceptors (Lipinski definition) is 5. The smallest absolute Gasteiger partial charge is 0.279 e. The van der Waals surface area contributed by atoms with Crippen LogP contribution in [0.2, 0.25) is 0 Å². The van der Waals surface area contributed by atoms with Crippen molar-refractivity contribution in [3.05, 3.63) is 89.7 Å². The summed E-state index contributed by atoms with van der Waals surface area (Å²) in [7, 11) is 0. The average Bonchev–Trinajstić information content (AvgIpc) is 3.28. The normalized spacial score (nSPS) is 21.0. The summed E-state index contributed by atoms with van der Waals surface area (Å²) >= 11 is 0. The van der Waals surface area contributed by atoms with Crippen LogP contribution in [0.15, 0.2) is 88.6 Å². The molecule has 1 N–H and O–H groups in total. The third-order valence-electron chi connectivity index (χ3n) is 6.36. The van der Waals surface area contributed by atoms with E-state index in [9.17, 15) is 9.59 Å². The summed E-state index contributed by atoms with van der Waals surface area (Å²) in [6.07, 6.45) is 8.37. The van der Waals surface area contributed by atoms with Crippen LogP contribution in [-0.2, 0) is 9.53 Å². The number of nitrogens with one attached hydrogen (secondary N) is 1. The fraction of sp³-hybridized carbons (Fsp3) is 0.192. The highest BCUT2D eigenvalue weighted by molar-refractivity contribution is 6.12. The third-order valence-corrected chi connectivity index (χ3v) is 6.36. The summed E-state index contributed by atoms with van der Waals surface area (Å²) in [6.45, 7) is 1.15. The number of allylic oxidation sites excluding steroid dienone is 3. The number of hydrogen-bond donors (Lipinski definition) is 1. The van der Waals surface area contributed by atoms with Crippen LogP contribution >= 0.6 is 0 Å². The summed E-state index contributed by atoms with van der Waals surface area (Å²) in [6, 6.07) is 15.2. The lowest BCUT2D eigenvalue weighted by molar-refractivity contribution is -0.119. The lowest BCUT2D eigenvalue weighted by atomic mass is 9.89. The monoisotopic (exact) mass is 451 g/mol. The maximum absolute atomic E-state index is 13.6. The van der Waals surface area contributed by atoms with Crippen molar-refractivity contribution < 1.29 is 14.3 Å². The van der Waals surface area contributed by atoms with Gasteiger partial charge < -0.3 is 9.64 Å². The number of ether oxygens (including phenoxy) is 1. The van der Waals surface area contributed by atoms with Gasteiger partial charge in [0.1, 0.15) is 0 Å². The second-order valence-corrected chi connectivity index (χ2v) is 8.43. The van der Waals surface area contributed by atoms with Crippen LogP contribution in [0, 0.1) is 5.92 Å². The van der Waals surface area contributed by atoms with E-state index in [1.807, 2.05) is 72.8 Å². The van der Waals surface area contributed by atoms with Crippen molar-refractivity contribution in [2.45, 2.75) is 12.5 Å². The number of carbonyl (C=O) groups excluding carboxylic acids is 2. The van der Waals surface area contributed by atoms with Crippen LogP contribution in [0.1, 0.15) is 22.5 Å². The first-order valence-corrected chi connectivity index (χ1v) is 11.2. The van der Waals surface area contributed by atoms with Gasteiger partial charge in [-0.3, -0.25) is 14.7 Å². The molecule has 2 atom stereocenters. The van der Waals surface area contributed by atoms with Gasteiger partial charge in [-0.15, -0.1) is 10.2 Å². The molecule has 3 aromatic rings. The Morgan fingerprint density at radius 3 is 2.71 bits per heavy atom. The third kappa shape index (κ3) is 3.48. The molecule has 1 aromatic heterocycles. The lowest BCUT2D eigenvalue weighted by Gasteiger charge is -2.32. The molecule has 34 heavy (non-hydrogen) atoms. The fourth-order valence-corrected chi connectivity index (χ4v) is 4.42. The van der Waals surface area contributed by atoms with E-state index in [2.05, 4.69) is 20.4 Å². The molecule has 168 valence electrons. The zero-order valence-corrected chi connectivity index (χ0v) is 18.2. The lowest BCUT2D eigenvalue weighted by Crippen LogP contribution is -2.43. The molecule has 0 radical (unpaired) electrons. The molecule has 1 fully saturated rings. The highest BCUT2D eigenvalue weighted by atomic mass is 16.5. The zero-order chi connectivity index (χ0) is 23.1. The highest BCUT2D eigenvalue weighted by Gasteiger charge is 2.30. The molecule has 1 saturated heterocycles. The van der Waals surface area contributed by atoms with Crippen molar-refractivity contribution in [3.63, 3.8) is 0 Å². The van der Waals surface area contributed by atoms with Crippen molar-refractivity contribution in [1.82, 2.24) is 10.2 Å². The maximum Gasteiger partial charge on any atom is 0.279 e. The Balaban J connectivity index is 1.35. The van der Waals surface area contributed by atoms with Gasteiger partial charge in [0.05, 0.1) is 29.8 Å². The maximum atomic E-state index is 13.6. The molecule has 2 aliphatic heterocycles. The zero-order valence-electron chi connectivity index (χ0n) is 18.2. The standard InChI is InChI=1S/C26H21N5O3/c32-25-20-6-2-1-5-19(20)23(28-30-25)16-9-11-17(12-10-16)31(15-18-13-14-34-18)26(33)24-21-7-3-4-8-22(21)27-29-24/h1-12,18,20H,13-15H2,(H,27,29). The largest absolute Gasteiger partial charge is 0.376 e. The van der Waals surface area contributed by atoms with Crippen LogP contribution in [0.25, 0.3) is 16.6 Å². The van der Waals surface area contributed by atoms with Crippen molar-refractivity contribution in [2.24, 2.45) is 16.1 Å². The van der Waals surface area contributed by atoms with E-state index in [1.165, 1.54) is 0 Å². The number of aromatic nitrogens is 2. The number of azo groups is 1. The van der Waals surface area contributed by atoms with Gasteiger partial charge in [-0.1, -0.05) is 54.6 Å². The number of H-pyrrole nitrogens is 1. The molecule has 8 nitrogen and oxygen atoms in total. The van der Waals surface area contributed by atoms with Crippen LogP contribution in [0.5, 0.6) is 0 Å². The first-order chi connectivity index (χ1) is 16.7. The Morgan fingerprint density at radius 1 is 1.09 bits per heavy atom. The topological polar surface area (TPSA) is 100 Å². The van der Waals surface area contributed by atoms with E-state index >= 15 is 0 Å². The second kappa shape index (κ2) is 8.31. The van der Waals surface area contributed by atoms with E-state index in [1.54, 1.807) is 4.90 Å². The molecule has 6 rings (SSSR count). The van der Waals surface area contributed by atoms with Crippen LogP contribution in [0.4, 0.5) is 5.69 Å². The van der Waals surface area contributed by atoms with Gasteiger partial charge in [0, 0.05) is 23.2 Å². The fourth-order valence-electron chi connectivity index (χ4n) is 4.42. The number of rotatable bonds is 5. The SMILES string of the molecule is O=C1N=NC(c2ccc(N(CC3CCO3)C(=O)c3n[nH]c4ccccc34)cc2)=C2C=CC=CC12. The van der Waals surface area contributed by atoms with E-state index in [4.69, 9.17) is 4.74 Å². The minimum Gasteiger partial charge on any atom is -0.376 e. The number of para-hydroxylation sites is 1. The summed E-state index contributed by atoms with van der Waals surface area (Å²) < 4.78 is 5.62. The molecule has 8 heteroatoms. The highest BCUT2D eigenvalue weighted by Crippen LogP contribution is 2.35. The van der Waals surface area contributed by atoms with Gasteiger partial charge in [-0.25, -0.2) is 0 Å². The molecule has 1 aliphatic carbocycles. The van der Waals surface area contributed by atoms with Gasteiger partial charge in [0.15, 0.2) is 5.69 Å². The molecule has 2 unspecified atom stereocenters. The van der Waals surface area contributed by atoms with Crippen molar-refractivity contribution in [3.8, 4) is 0 Å². The predicted octanol–water partition coefficient (Wildman–Crippen LogP) is 4.44. The molecular weight excluding hydrogens is 430 g/mol. The molecule has 0 saturated carbocycles.